The van der Waals surface area contributed by atoms with Gasteiger partial charge in [-0.3, -0.25) is 0 Å². The maximum absolute atomic E-state index is 11.6. The van der Waals surface area contributed by atoms with Crippen LogP contribution in [-0.4, -0.2) is 35.1 Å². The normalized spacial score (nSPS) is 11.9. The van der Waals surface area contributed by atoms with Crippen LogP contribution in [0.25, 0.3) is 0 Å². The zero-order valence-electron chi connectivity index (χ0n) is 9.04. The minimum atomic E-state index is -0.196. The van der Waals surface area contributed by atoms with E-state index in [2.05, 4.69) is 5.32 Å². The molecule has 82 valence electrons. The number of nitrogens with one attached hydrogen (secondary N) is 1. The van der Waals surface area contributed by atoms with Crippen molar-refractivity contribution in [2.75, 3.05) is 13.1 Å². The molecule has 0 aliphatic carbocycles. The second-order valence-corrected chi connectivity index (χ2v) is 3.46. The van der Waals surface area contributed by atoms with Gasteiger partial charge in [0.2, 0.25) is 0 Å². The summed E-state index contributed by atoms with van der Waals surface area (Å²) in [6.07, 6.45) is 0.725. The summed E-state index contributed by atoms with van der Waals surface area (Å²) in [5.74, 6) is 0. The molecule has 2 amide bonds. The van der Waals surface area contributed by atoms with E-state index in [1.165, 1.54) is 0 Å². The molecule has 3 N–H and O–H groups in total. The molecule has 14 heavy (non-hydrogen) atoms. The molecule has 0 aromatic rings. The highest BCUT2D eigenvalue weighted by Gasteiger charge is 2.15. The van der Waals surface area contributed by atoms with E-state index in [0.29, 0.717) is 18.1 Å². The first-order chi connectivity index (χ1) is 6.56. The molecule has 0 fully saturated rings. The Labute approximate surface area is 90.8 Å². The van der Waals surface area contributed by atoms with Gasteiger partial charge < -0.3 is 16.0 Å². The lowest BCUT2D eigenvalue weighted by Gasteiger charge is -2.23. The molecule has 0 heterocycles. The van der Waals surface area contributed by atoms with E-state index in [1.807, 2.05) is 20.8 Å². The average molecular weight is 217 g/mol. The van der Waals surface area contributed by atoms with E-state index in [0.717, 1.165) is 6.42 Å². The monoisotopic (exact) mass is 217 g/mol. The molecule has 0 aliphatic heterocycles. The van der Waals surface area contributed by atoms with E-state index in [4.69, 9.17) is 18.0 Å². The average Bonchev–Trinajstić information content (AvgIpc) is 2.15. The molecule has 0 spiro atoms. The zero-order chi connectivity index (χ0) is 11.1. The van der Waals surface area contributed by atoms with Crippen LogP contribution >= 0.6 is 12.2 Å². The maximum Gasteiger partial charge on any atom is 0.317 e. The van der Waals surface area contributed by atoms with Crippen molar-refractivity contribution >= 4 is 23.2 Å². The molecule has 0 aromatic heterocycles. The van der Waals surface area contributed by atoms with Crippen LogP contribution in [0.2, 0.25) is 0 Å². The van der Waals surface area contributed by atoms with Crippen LogP contribution in [0.15, 0.2) is 0 Å². The van der Waals surface area contributed by atoms with Crippen molar-refractivity contribution in [3.63, 3.8) is 0 Å². The molecule has 0 aliphatic rings. The molecule has 0 saturated carbocycles. The number of rotatable bonds is 5. The SMILES string of the molecule is CCC(NC(=O)N(CC)CC)C(N)=S. The first-order valence-corrected chi connectivity index (χ1v) is 5.32. The fourth-order valence-electron chi connectivity index (χ4n) is 1.13. The van der Waals surface area contributed by atoms with Crippen LogP contribution in [0.4, 0.5) is 4.79 Å². The van der Waals surface area contributed by atoms with Crippen molar-refractivity contribution in [2.24, 2.45) is 5.73 Å². The van der Waals surface area contributed by atoms with Gasteiger partial charge in [-0.25, -0.2) is 4.79 Å². The summed E-state index contributed by atoms with van der Waals surface area (Å²) in [4.78, 5) is 13.6. The second-order valence-electron chi connectivity index (χ2n) is 2.98. The molecule has 0 aromatic carbocycles. The molecule has 0 bridgehead atoms. The summed E-state index contributed by atoms with van der Waals surface area (Å²) in [7, 11) is 0. The third kappa shape index (κ3) is 3.91. The summed E-state index contributed by atoms with van der Waals surface area (Å²) in [6, 6.07) is -0.298. The van der Waals surface area contributed by atoms with Gasteiger partial charge in [-0.2, -0.15) is 0 Å². The smallest absolute Gasteiger partial charge is 0.317 e. The minimum Gasteiger partial charge on any atom is -0.392 e. The summed E-state index contributed by atoms with van der Waals surface area (Å²) in [5, 5.41) is 2.79. The van der Waals surface area contributed by atoms with Gasteiger partial charge >= 0.3 is 6.03 Å². The van der Waals surface area contributed by atoms with Crippen LogP contribution in [0.1, 0.15) is 27.2 Å². The van der Waals surface area contributed by atoms with E-state index in [-0.39, 0.29) is 12.1 Å². The predicted molar refractivity (Wildman–Crippen MR) is 62.3 cm³/mol. The van der Waals surface area contributed by atoms with E-state index < -0.39 is 0 Å². The highest BCUT2D eigenvalue weighted by molar-refractivity contribution is 7.80. The van der Waals surface area contributed by atoms with Crippen molar-refractivity contribution in [3.8, 4) is 0 Å². The molecule has 1 atom stereocenters. The van der Waals surface area contributed by atoms with Gasteiger partial charge in [0.25, 0.3) is 0 Å². The number of thiocarbonyl (C=S) groups is 1. The minimum absolute atomic E-state index is 0.102. The number of carbonyl (C=O) groups excluding carboxylic acids is 1. The van der Waals surface area contributed by atoms with Gasteiger partial charge in [0.1, 0.15) is 0 Å². The fourth-order valence-corrected chi connectivity index (χ4v) is 1.35. The molecular weight excluding hydrogens is 198 g/mol. The van der Waals surface area contributed by atoms with Gasteiger partial charge in [0.15, 0.2) is 0 Å². The third-order valence-electron chi connectivity index (χ3n) is 2.10. The van der Waals surface area contributed by atoms with Gasteiger partial charge in [-0.15, -0.1) is 0 Å². The number of urea groups is 1. The number of hydrogen-bond donors (Lipinski definition) is 2. The number of hydrogen-bond acceptors (Lipinski definition) is 2. The number of amides is 2. The van der Waals surface area contributed by atoms with Gasteiger partial charge in [-0.1, -0.05) is 19.1 Å². The zero-order valence-corrected chi connectivity index (χ0v) is 9.86. The van der Waals surface area contributed by atoms with Crippen LogP contribution in [-0.2, 0) is 0 Å². The first kappa shape index (κ1) is 13.2. The van der Waals surface area contributed by atoms with Gasteiger partial charge in [0, 0.05) is 13.1 Å². The standard InChI is InChI=1S/C9H19N3OS/c1-4-7(8(10)14)11-9(13)12(5-2)6-3/h7H,4-6H2,1-3H3,(H2,10,14)(H,11,13). The Kier molecular flexibility index (Phi) is 6.19. The van der Waals surface area contributed by atoms with Crippen LogP contribution in [0.5, 0.6) is 0 Å². The van der Waals surface area contributed by atoms with E-state index in [1.54, 1.807) is 4.90 Å². The van der Waals surface area contributed by atoms with Crippen molar-refractivity contribution in [3.05, 3.63) is 0 Å². The fraction of sp³-hybridized carbons (Fsp3) is 0.778. The molecule has 1 unspecified atom stereocenters. The molecular formula is C9H19N3OS. The molecule has 0 rings (SSSR count). The van der Waals surface area contributed by atoms with Crippen molar-refractivity contribution in [1.29, 1.82) is 0 Å². The predicted octanol–water partition coefficient (Wildman–Crippen LogP) is 1.10. The van der Waals surface area contributed by atoms with Crippen molar-refractivity contribution < 1.29 is 4.79 Å². The number of nitrogens with zero attached hydrogens (tertiary/aromatic N) is 1. The Morgan fingerprint density at radius 1 is 1.43 bits per heavy atom. The Morgan fingerprint density at radius 3 is 2.21 bits per heavy atom. The van der Waals surface area contributed by atoms with E-state index >= 15 is 0 Å². The molecule has 0 radical (unpaired) electrons. The summed E-state index contributed by atoms with van der Waals surface area (Å²) in [5.41, 5.74) is 5.48. The largest absolute Gasteiger partial charge is 0.392 e. The topological polar surface area (TPSA) is 58.4 Å². The lowest BCUT2D eigenvalue weighted by molar-refractivity contribution is 0.201. The summed E-state index contributed by atoms with van der Waals surface area (Å²) in [6.45, 7) is 7.19. The Hall–Kier alpha value is -0.840. The summed E-state index contributed by atoms with van der Waals surface area (Å²) < 4.78 is 0. The second kappa shape index (κ2) is 6.59. The quantitative estimate of drug-likeness (QED) is 0.678. The Bertz CT molecular complexity index is 204. The molecule has 5 heteroatoms. The number of carbonyl (C=O) groups is 1. The lowest BCUT2D eigenvalue weighted by atomic mass is 10.2. The lowest BCUT2D eigenvalue weighted by Crippen LogP contribution is -2.49. The van der Waals surface area contributed by atoms with Crippen molar-refractivity contribution in [2.45, 2.75) is 33.2 Å². The highest BCUT2D eigenvalue weighted by atomic mass is 32.1. The first-order valence-electron chi connectivity index (χ1n) is 4.91. The van der Waals surface area contributed by atoms with E-state index in [9.17, 15) is 4.79 Å². The third-order valence-corrected chi connectivity index (χ3v) is 2.38. The Balaban J connectivity index is 4.20. The van der Waals surface area contributed by atoms with Crippen LogP contribution in [0, 0.1) is 0 Å². The number of nitrogens with two attached hydrogens (primary N) is 1. The summed E-state index contributed by atoms with van der Waals surface area (Å²) >= 11 is 4.84. The van der Waals surface area contributed by atoms with Gasteiger partial charge in [-0.05, 0) is 20.3 Å². The Morgan fingerprint density at radius 2 is 1.93 bits per heavy atom. The van der Waals surface area contributed by atoms with Gasteiger partial charge in [0.05, 0.1) is 11.0 Å². The van der Waals surface area contributed by atoms with Crippen molar-refractivity contribution in [1.82, 2.24) is 10.2 Å². The molecule has 0 saturated heterocycles. The molecule has 4 nitrogen and oxygen atoms in total. The van der Waals surface area contributed by atoms with Crippen LogP contribution in [0.3, 0.4) is 0 Å². The maximum atomic E-state index is 11.6. The van der Waals surface area contributed by atoms with Crippen LogP contribution < -0.4 is 11.1 Å². The highest BCUT2D eigenvalue weighted by Crippen LogP contribution is 1.95.